The summed E-state index contributed by atoms with van der Waals surface area (Å²) >= 11 is 0. The molecule has 0 saturated carbocycles. The molecule has 0 fully saturated rings. The predicted molar refractivity (Wildman–Crippen MR) is 157 cm³/mol. The number of aryl methyl sites for hydroxylation is 1. The largest absolute Gasteiger partial charge is 0.496 e. The van der Waals surface area contributed by atoms with E-state index in [1.165, 1.54) is 0 Å². The van der Waals surface area contributed by atoms with Crippen LogP contribution in [-0.4, -0.2) is 36.9 Å². The van der Waals surface area contributed by atoms with Crippen molar-refractivity contribution in [1.82, 2.24) is 5.32 Å². The summed E-state index contributed by atoms with van der Waals surface area (Å²) in [6.07, 6.45) is -0.703. The van der Waals surface area contributed by atoms with Crippen molar-refractivity contribution in [1.29, 1.82) is 0 Å². The molecule has 5 rings (SSSR count). The second-order valence-corrected chi connectivity index (χ2v) is 10.2. The SMILES string of the molecule is COc1ccc(CC(NC(=O)OCC2c3ccccc3-c3ccccc32)C(=O)O)cc1COc1cccc(C)c1C. The topological polar surface area (TPSA) is 94.1 Å². The lowest BCUT2D eigenvalue weighted by Gasteiger charge is -2.18. The number of hydrogen-bond donors (Lipinski definition) is 2. The molecule has 7 heteroatoms. The van der Waals surface area contributed by atoms with E-state index in [9.17, 15) is 14.7 Å². The number of nitrogens with one attached hydrogen (secondary N) is 1. The van der Waals surface area contributed by atoms with E-state index in [4.69, 9.17) is 14.2 Å². The van der Waals surface area contributed by atoms with E-state index in [0.29, 0.717) is 5.75 Å². The van der Waals surface area contributed by atoms with Crippen LogP contribution in [0.15, 0.2) is 84.9 Å². The van der Waals surface area contributed by atoms with Crippen LogP contribution in [0.1, 0.15) is 39.3 Å². The maximum absolute atomic E-state index is 12.8. The molecule has 1 aliphatic rings. The van der Waals surface area contributed by atoms with E-state index in [1.807, 2.05) is 74.5 Å². The fraction of sp³-hybridized carbons (Fsp3) is 0.235. The molecule has 0 saturated heterocycles. The second kappa shape index (κ2) is 12.2. The van der Waals surface area contributed by atoms with Gasteiger partial charge in [0.15, 0.2) is 0 Å². The summed E-state index contributed by atoms with van der Waals surface area (Å²) in [5.74, 6) is 0.147. The molecule has 4 aromatic carbocycles. The van der Waals surface area contributed by atoms with E-state index in [2.05, 4.69) is 17.4 Å². The number of alkyl carbamates (subject to hydrolysis) is 1. The smallest absolute Gasteiger partial charge is 0.407 e. The Morgan fingerprint density at radius 2 is 1.56 bits per heavy atom. The number of amides is 1. The standard InChI is InChI=1S/C34H33NO6/c1-21-9-8-14-31(22(21)2)40-19-24-17-23(15-16-32(24)39-3)18-30(33(36)37)35-34(38)41-20-29-27-12-6-4-10-25(27)26-11-5-7-13-28(26)29/h4-17,29-30H,18-20H2,1-3H3,(H,35,38)(H,36,37). The van der Waals surface area contributed by atoms with Gasteiger partial charge in [-0.3, -0.25) is 0 Å². The predicted octanol–water partition coefficient (Wildman–Crippen LogP) is 6.43. The number of aliphatic carboxylic acids is 1. The Kier molecular flexibility index (Phi) is 8.24. The lowest BCUT2D eigenvalue weighted by molar-refractivity contribution is -0.139. The summed E-state index contributed by atoms with van der Waals surface area (Å²) in [7, 11) is 1.58. The number of carboxylic acid groups (broad SMARTS) is 1. The molecule has 41 heavy (non-hydrogen) atoms. The minimum Gasteiger partial charge on any atom is -0.496 e. The first-order valence-corrected chi connectivity index (χ1v) is 13.5. The van der Waals surface area contributed by atoms with Gasteiger partial charge in [-0.1, -0.05) is 66.7 Å². The number of rotatable bonds is 10. The van der Waals surface area contributed by atoms with Crippen LogP contribution in [0.2, 0.25) is 0 Å². The summed E-state index contributed by atoms with van der Waals surface area (Å²) in [6.45, 7) is 4.39. The minimum atomic E-state index is -1.17. The molecule has 0 spiro atoms. The first-order chi connectivity index (χ1) is 19.9. The molecule has 1 atom stereocenters. The van der Waals surface area contributed by atoms with Crippen molar-refractivity contribution in [3.63, 3.8) is 0 Å². The molecule has 4 aromatic rings. The van der Waals surface area contributed by atoms with E-state index in [0.717, 1.165) is 50.3 Å². The van der Waals surface area contributed by atoms with Gasteiger partial charge in [0, 0.05) is 17.9 Å². The molecule has 7 nitrogen and oxygen atoms in total. The molecule has 2 N–H and O–H groups in total. The molecule has 0 heterocycles. The van der Waals surface area contributed by atoms with Crippen molar-refractivity contribution in [2.75, 3.05) is 13.7 Å². The quantitative estimate of drug-likeness (QED) is 0.236. The first-order valence-electron chi connectivity index (χ1n) is 13.5. The second-order valence-electron chi connectivity index (χ2n) is 10.2. The fourth-order valence-corrected chi connectivity index (χ4v) is 5.33. The molecule has 1 amide bonds. The molecule has 0 aromatic heterocycles. The van der Waals surface area contributed by atoms with Crippen molar-refractivity contribution < 1.29 is 28.9 Å². The molecule has 0 radical (unpaired) electrons. The fourth-order valence-electron chi connectivity index (χ4n) is 5.33. The van der Waals surface area contributed by atoms with Gasteiger partial charge in [-0.05, 0) is 71.0 Å². The third kappa shape index (κ3) is 6.04. The summed E-state index contributed by atoms with van der Waals surface area (Å²) < 4.78 is 17.1. The van der Waals surface area contributed by atoms with Gasteiger partial charge in [-0.15, -0.1) is 0 Å². The van der Waals surface area contributed by atoms with E-state index in [1.54, 1.807) is 19.2 Å². The number of methoxy groups -OCH3 is 1. The van der Waals surface area contributed by atoms with Crippen LogP contribution in [0.4, 0.5) is 4.79 Å². The molecule has 1 unspecified atom stereocenters. The van der Waals surface area contributed by atoms with E-state index >= 15 is 0 Å². The Morgan fingerprint density at radius 3 is 2.22 bits per heavy atom. The molecule has 210 valence electrons. The molecular weight excluding hydrogens is 518 g/mol. The molecular formula is C34H33NO6. The number of benzene rings is 4. The van der Waals surface area contributed by atoms with Gasteiger partial charge < -0.3 is 24.6 Å². The monoisotopic (exact) mass is 551 g/mol. The lowest BCUT2D eigenvalue weighted by atomic mass is 9.98. The summed E-state index contributed by atoms with van der Waals surface area (Å²) in [4.78, 5) is 24.9. The van der Waals surface area contributed by atoms with Gasteiger partial charge in [0.25, 0.3) is 0 Å². The van der Waals surface area contributed by atoms with Gasteiger partial charge in [-0.2, -0.15) is 0 Å². The highest BCUT2D eigenvalue weighted by atomic mass is 16.5. The van der Waals surface area contributed by atoms with Crippen LogP contribution in [0.5, 0.6) is 11.5 Å². The van der Waals surface area contributed by atoms with Gasteiger partial charge >= 0.3 is 12.1 Å². The van der Waals surface area contributed by atoms with Crippen LogP contribution in [0, 0.1) is 13.8 Å². The highest BCUT2D eigenvalue weighted by molar-refractivity contribution is 5.81. The van der Waals surface area contributed by atoms with Gasteiger partial charge in [0.1, 0.15) is 30.8 Å². The normalized spacial score (nSPS) is 12.7. The lowest BCUT2D eigenvalue weighted by Crippen LogP contribution is -2.42. The van der Waals surface area contributed by atoms with Crippen molar-refractivity contribution in [3.8, 4) is 22.6 Å². The zero-order chi connectivity index (χ0) is 28.9. The average Bonchev–Trinajstić information content (AvgIpc) is 3.30. The van der Waals surface area contributed by atoms with Crippen molar-refractivity contribution in [3.05, 3.63) is 118 Å². The summed E-state index contributed by atoms with van der Waals surface area (Å²) in [5, 5.41) is 12.4. The van der Waals surface area contributed by atoms with Crippen molar-refractivity contribution in [2.45, 2.75) is 38.8 Å². The minimum absolute atomic E-state index is 0.0694. The third-order valence-electron chi connectivity index (χ3n) is 7.66. The Labute approximate surface area is 239 Å². The molecule has 1 aliphatic carbocycles. The van der Waals surface area contributed by atoms with Gasteiger partial charge in [0.2, 0.25) is 0 Å². The Bertz CT molecular complexity index is 1530. The van der Waals surface area contributed by atoms with Crippen LogP contribution < -0.4 is 14.8 Å². The zero-order valence-corrected chi connectivity index (χ0v) is 23.3. The van der Waals surface area contributed by atoms with Gasteiger partial charge in [-0.25, -0.2) is 9.59 Å². The Hall–Kier alpha value is -4.78. The number of hydrogen-bond acceptors (Lipinski definition) is 5. The number of carboxylic acids is 1. The Morgan fingerprint density at radius 1 is 0.878 bits per heavy atom. The molecule has 0 bridgehead atoms. The maximum Gasteiger partial charge on any atom is 0.407 e. The van der Waals surface area contributed by atoms with Crippen LogP contribution in [-0.2, 0) is 22.6 Å². The Balaban J connectivity index is 1.24. The summed E-state index contributed by atoms with van der Waals surface area (Å²) in [5.41, 5.74) is 8.10. The van der Waals surface area contributed by atoms with E-state index < -0.39 is 18.1 Å². The molecule has 0 aliphatic heterocycles. The van der Waals surface area contributed by atoms with Crippen LogP contribution in [0.3, 0.4) is 0 Å². The van der Waals surface area contributed by atoms with Crippen LogP contribution in [0.25, 0.3) is 11.1 Å². The van der Waals surface area contributed by atoms with E-state index in [-0.39, 0.29) is 25.6 Å². The maximum atomic E-state index is 12.8. The number of ether oxygens (including phenoxy) is 3. The first kappa shape index (κ1) is 27.8. The number of fused-ring (bicyclic) bond motifs is 3. The highest BCUT2D eigenvalue weighted by Crippen LogP contribution is 2.44. The van der Waals surface area contributed by atoms with Crippen LogP contribution >= 0.6 is 0 Å². The summed E-state index contributed by atoms with van der Waals surface area (Å²) in [6, 6.07) is 26.2. The van der Waals surface area contributed by atoms with Crippen molar-refractivity contribution >= 4 is 12.1 Å². The number of carbonyl (C=O) groups excluding carboxylic acids is 1. The number of carbonyl (C=O) groups is 2. The third-order valence-corrected chi connectivity index (χ3v) is 7.66. The average molecular weight is 552 g/mol. The highest BCUT2D eigenvalue weighted by Gasteiger charge is 2.30. The zero-order valence-electron chi connectivity index (χ0n) is 23.3. The van der Waals surface area contributed by atoms with Gasteiger partial charge in [0.05, 0.1) is 7.11 Å². The van der Waals surface area contributed by atoms with Crippen molar-refractivity contribution in [2.24, 2.45) is 0 Å².